The van der Waals surface area contributed by atoms with Crippen molar-refractivity contribution in [2.75, 3.05) is 12.4 Å². The highest BCUT2D eigenvalue weighted by Crippen LogP contribution is 2.26. The van der Waals surface area contributed by atoms with Gasteiger partial charge in [-0.25, -0.2) is 9.18 Å². The van der Waals surface area contributed by atoms with E-state index in [1.54, 1.807) is 19.2 Å². The van der Waals surface area contributed by atoms with E-state index in [2.05, 4.69) is 20.8 Å². The average molecular weight is 420 g/mol. The lowest BCUT2D eigenvalue weighted by Crippen LogP contribution is -2.28. The molecule has 1 heterocycles. The molecule has 0 saturated heterocycles. The maximum Gasteiger partial charge on any atom is 0.320 e. The third kappa shape index (κ3) is 5.11. The van der Waals surface area contributed by atoms with Crippen molar-refractivity contribution in [3.63, 3.8) is 0 Å². The predicted octanol–water partition coefficient (Wildman–Crippen LogP) is 4.61. The molecule has 2 amide bonds. The molecule has 0 saturated carbocycles. The van der Waals surface area contributed by atoms with Crippen molar-refractivity contribution in [3.8, 4) is 11.5 Å². The van der Waals surface area contributed by atoms with Crippen LogP contribution in [0.25, 0.3) is 10.9 Å². The normalized spacial score (nSPS) is 10.6. The maximum atomic E-state index is 13.0. The molecule has 8 heteroatoms. The molecule has 0 bridgehead atoms. The molecule has 7 nitrogen and oxygen atoms in total. The Morgan fingerprint density at radius 1 is 1.03 bits per heavy atom. The van der Waals surface area contributed by atoms with E-state index in [0.717, 1.165) is 27.8 Å². The van der Waals surface area contributed by atoms with E-state index in [9.17, 15) is 9.18 Å². The fraction of sp³-hybridized carbons (Fsp3) is 0.130. The van der Waals surface area contributed by atoms with Crippen LogP contribution in [0.5, 0.6) is 11.5 Å². The minimum Gasteiger partial charge on any atom is -0.497 e. The molecule has 0 aliphatic carbocycles. The van der Waals surface area contributed by atoms with Crippen molar-refractivity contribution in [2.24, 2.45) is 0 Å². The number of nitrogens with one attached hydrogen (secondary N) is 3. The van der Waals surface area contributed by atoms with E-state index in [1.807, 2.05) is 42.5 Å². The Morgan fingerprint density at radius 2 is 1.87 bits per heavy atom. The highest BCUT2D eigenvalue weighted by molar-refractivity contribution is 5.99. The second-order valence-corrected chi connectivity index (χ2v) is 6.85. The summed E-state index contributed by atoms with van der Waals surface area (Å²) >= 11 is 0. The molecule has 0 aliphatic heterocycles. The zero-order valence-corrected chi connectivity index (χ0v) is 16.8. The molecular formula is C23H21FN4O3. The van der Waals surface area contributed by atoms with Crippen LogP contribution in [0, 0.1) is 5.82 Å². The van der Waals surface area contributed by atoms with Crippen molar-refractivity contribution in [2.45, 2.75) is 13.2 Å². The topological polar surface area (TPSA) is 88.3 Å². The van der Waals surface area contributed by atoms with Gasteiger partial charge in [0, 0.05) is 11.9 Å². The Bertz CT molecular complexity index is 1190. The summed E-state index contributed by atoms with van der Waals surface area (Å²) in [6.45, 7) is 0.644. The van der Waals surface area contributed by atoms with Crippen molar-refractivity contribution in [1.82, 2.24) is 15.5 Å². The third-order valence-corrected chi connectivity index (χ3v) is 4.67. The molecular weight excluding hydrogens is 399 g/mol. The van der Waals surface area contributed by atoms with Crippen LogP contribution in [0.1, 0.15) is 11.1 Å². The van der Waals surface area contributed by atoms with Gasteiger partial charge in [-0.2, -0.15) is 5.10 Å². The van der Waals surface area contributed by atoms with Gasteiger partial charge in [0.2, 0.25) is 0 Å². The lowest BCUT2D eigenvalue weighted by molar-refractivity contribution is 0.251. The quantitative estimate of drug-likeness (QED) is 0.407. The van der Waals surface area contributed by atoms with Crippen molar-refractivity contribution in [1.29, 1.82) is 0 Å². The van der Waals surface area contributed by atoms with Gasteiger partial charge in [0.15, 0.2) is 5.82 Å². The molecule has 0 aliphatic rings. The molecule has 158 valence electrons. The van der Waals surface area contributed by atoms with Gasteiger partial charge in [0.1, 0.15) is 23.9 Å². The van der Waals surface area contributed by atoms with Gasteiger partial charge in [0.05, 0.1) is 12.6 Å². The van der Waals surface area contributed by atoms with Crippen LogP contribution in [0.15, 0.2) is 66.7 Å². The van der Waals surface area contributed by atoms with Gasteiger partial charge >= 0.3 is 6.03 Å². The number of fused-ring (bicyclic) bond motifs is 1. The van der Waals surface area contributed by atoms with E-state index < -0.39 is 6.03 Å². The molecule has 4 aromatic rings. The van der Waals surface area contributed by atoms with Gasteiger partial charge < -0.3 is 14.8 Å². The number of ether oxygens (including phenoxy) is 2. The first-order valence-electron chi connectivity index (χ1n) is 9.64. The van der Waals surface area contributed by atoms with Gasteiger partial charge in [0.25, 0.3) is 0 Å². The second-order valence-electron chi connectivity index (χ2n) is 6.85. The molecule has 4 rings (SSSR count). The minimum atomic E-state index is -0.416. The Kier molecular flexibility index (Phi) is 5.98. The number of methoxy groups -OCH3 is 1. The van der Waals surface area contributed by atoms with E-state index >= 15 is 0 Å². The standard InChI is InChI=1S/C23H21FN4O3/c1-30-18-4-2-3-16(11-18)14-31-19-9-10-21-20(12-19)22(28-27-21)26-23(29)25-13-15-5-7-17(24)8-6-15/h2-12H,13-14H2,1H3,(H3,25,26,27,28,29). The number of hydrogen-bond acceptors (Lipinski definition) is 4. The summed E-state index contributed by atoms with van der Waals surface area (Å²) < 4.78 is 24.1. The summed E-state index contributed by atoms with van der Waals surface area (Å²) in [7, 11) is 1.62. The Morgan fingerprint density at radius 3 is 2.68 bits per heavy atom. The number of anilines is 1. The number of H-pyrrole nitrogens is 1. The number of hydrogen-bond donors (Lipinski definition) is 3. The largest absolute Gasteiger partial charge is 0.497 e. The van der Waals surface area contributed by atoms with Gasteiger partial charge in [-0.15, -0.1) is 0 Å². The zero-order valence-electron chi connectivity index (χ0n) is 16.8. The first-order valence-corrected chi connectivity index (χ1v) is 9.64. The number of halogens is 1. The molecule has 1 aromatic heterocycles. The lowest BCUT2D eigenvalue weighted by atomic mass is 10.2. The van der Waals surface area contributed by atoms with E-state index in [4.69, 9.17) is 9.47 Å². The zero-order chi connectivity index (χ0) is 21.6. The average Bonchev–Trinajstić information content (AvgIpc) is 3.19. The summed E-state index contributed by atoms with van der Waals surface area (Å²) in [5, 5.41) is 13.2. The Balaban J connectivity index is 1.40. The summed E-state index contributed by atoms with van der Waals surface area (Å²) in [5.41, 5.74) is 2.53. The molecule has 3 aromatic carbocycles. The molecule has 0 radical (unpaired) electrons. The number of carbonyl (C=O) groups is 1. The van der Waals surface area contributed by atoms with Crippen LogP contribution in [0.4, 0.5) is 15.0 Å². The van der Waals surface area contributed by atoms with Crippen molar-refractivity contribution < 1.29 is 18.7 Å². The Hall–Kier alpha value is -4.07. The van der Waals surface area contributed by atoms with Crippen LogP contribution in [-0.4, -0.2) is 23.3 Å². The predicted molar refractivity (Wildman–Crippen MR) is 116 cm³/mol. The van der Waals surface area contributed by atoms with Crippen molar-refractivity contribution in [3.05, 3.63) is 83.7 Å². The number of carbonyl (C=O) groups excluding carboxylic acids is 1. The van der Waals surface area contributed by atoms with Crippen LogP contribution in [-0.2, 0) is 13.2 Å². The number of rotatable bonds is 7. The maximum absolute atomic E-state index is 13.0. The van der Waals surface area contributed by atoms with Crippen LogP contribution >= 0.6 is 0 Å². The molecule has 0 fully saturated rings. The van der Waals surface area contributed by atoms with Crippen molar-refractivity contribution >= 4 is 22.8 Å². The third-order valence-electron chi connectivity index (χ3n) is 4.67. The number of aromatic nitrogens is 2. The number of aromatic amines is 1. The highest BCUT2D eigenvalue weighted by Gasteiger charge is 2.11. The number of urea groups is 1. The fourth-order valence-corrected chi connectivity index (χ4v) is 3.04. The first kappa shape index (κ1) is 20.2. The SMILES string of the molecule is COc1cccc(COc2ccc3[nH]nc(NC(=O)NCc4ccc(F)cc4)c3c2)c1. The van der Waals surface area contributed by atoms with Gasteiger partial charge in [-0.1, -0.05) is 24.3 Å². The van der Waals surface area contributed by atoms with E-state index in [-0.39, 0.29) is 12.4 Å². The molecule has 0 spiro atoms. The second kappa shape index (κ2) is 9.17. The van der Waals surface area contributed by atoms with Crippen LogP contribution in [0.2, 0.25) is 0 Å². The summed E-state index contributed by atoms with van der Waals surface area (Å²) in [6.07, 6.45) is 0. The minimum absolute atomic E-state index is 0.267. The van der Waals surface area contributed by atoms with E-state index in [1.165, 1.54) is 12.1 Å². The van der Waals surface area contributed by atoms with E-state index in [0.29, 0.717) is 18.2 Å². The monoisotopic (exact) mass is 420 g/mol. The smallest absolute Gasteiger partial charge is 0.320 e. The van der Waals surface area contributed by atoms with Gasteiger partial charge in [-0.05, 0) is 53.6 Å². The lowest BCUT2D eigenvalue weighted by Gasteiger charge is -2.09. The summed E-state index contributed by atoms with van der Waals surface area (Å²) in [6, 6.07) is 18.7. The number of benzene rings is 3. The Labute approximate surface area is 178 Å². The fourth-order valence-electron chi connectivity index (χ4n) is 3.04. The molecule has 0 unspecified atom stereocenters. The molecule has 31 heavy (non-hydrogen) atoms. The summed E-state index contributed by atoms with van der Waals surface area (Å²) in [4.78, 5) is 12.3. The number of nitrogens with zero attached hydrogens (tertiary/aromatic N) is 1. The van der Waals surface area contributed by atoms with Crippen LogP contribution in [0.3, 0.4) is 0 Å². The van der Waals surface area contributed by atoms with Crippen LogP contribution < -0.4 is 20.1 Å². The highest BCUT2D eigenvalue weighted by atomic mass is 19.1. The van der Waals surface area contributed by atoms with Gasteiger partial charge in [-0.3, -0.25) is 10.4 Å². The number of amides is 2. The first-order chi connectivity index (χ1) is 15.1. The molecule has 3 N–H and O–H groups in total. The molecule has 0 atom stereocenters. The summed E-state index contributed by atoms with van der Waals surface area (Å²) in [5.74, 6) is 1.48.